The van der Waals surface area contributed by atoms with Crippen molar-refractivity contribution in [2.75, 3.05) is 25.0 Å². The average molecular weight is 388 g/mol. The Bertz CT molecular complexity index is 1120. The number of anilines is 1. The molecule has 0 radical (unpaired) electrons. The van der Waals surface area contributed by atoms with Crippen LogP contribution in [0.3, 0.4) is 0 Å². The third-order valence-electron chi connectivity index (χ3n) is 5.30. The number of aromatic nitrogens is 6. The molecule has 0 amide bonds. The van der Waals surface area contributed by atoms with E-state index < -0.39 is 0 Å². The highest BCUT2D eigenvalue weighted by atomic mass is 15.4. The van der Waals surface area contributed by atoms with Crippen LogP contribution < -0.4 is 10.2 Å². The van der Waals surface area contributed by atoms with Crippen LogP contribution in [0.2, 0.25) is 0 Å². The number of hydrogen-bond donors (Lipinski definition) is 1. The van der Waals surface area contributed by atoms with E-state index in [4.69, 9.17) is 4.98 Å². The quantitative estimate of drug-likeness (QED) is 0.546. The predicted octanol–water partition coefficient (Wildman–Crippen LogP) is 2.36. The first-order valence-corrected chi connectivity index (χ1v) is 10.00. The molecule has 148 valence electrons. The third kappa shape index (κ3) is 3.71. The Morgan fingerprint density at radius 1 is 1.07 bits per heavy atom. The van der Waals surface area contributed by atoms with Gasteiger partial charge in [-0.05, 0) is 37.6 Å². The standard InChI is InChI=1S/C21H24N8/c1-22-9-16-4-5-21-24-18(13-28(21)12-16)14-29-15-20(25-26-29)17-8-19(11-23-10-17)27-6-2-3-7-27/h4-5,8,10-13,15,22H,2-3,6-7,9,14H2,1H3. The van der Waals surface area contributed by atoms with Crippen LogP contribution >= 0.6 is 0 Å². The normalized spacial score (nSPS) is 14.2. The van der Waals surface area contributed by atoms with Gasteiger partial charge in [0.15, 0.2) is 0 Å². The second-order valence-electron chi connectivity index (χ2n) is 7.49. The molecular formula is C21H24N8. The maximum Gasteiger partial charge on any atom is 0.137 e. The van der Waals surface area contributed by atoms with Crippen molar-refractivity contribution in [2.45, 2.75) is 25.9 Å². The largest absolute Gasteiger partial charge is 0.370 e. The monoisotopic (exact) mass is 388 g/mol. The molecule has 0 aliphatic carbocycles. The summed E-state index contributed by atoms with van der Waals surface area (Å²) in [5.74, 6) is 0. The van der Waals surface area contributed by atoms with Gasteiger partial charge in [-0.15, -0.1) is 5.10 Å². The van der Waals surface area contributed by atoms with Crippen LogP contribution in [0.5, 0.6) is 0 Å². The molecule has 1 aliphatic rings. The molecule has 4 aromatic rings. The predicted molar refractivity (Wildman–Crippen MR) is 112 cm³/mol. The molecule has 0 aromatic carbocycles. The van der Waals surface area contributed by atoms with Crippen LogP contribution in [0.4, 0.5) is 5.69 Å². The number of imidazole rings is 1. The van der Waals surface area contributed by atoms with Gasteiger partial charge in [0.25, 0.3) is 0 Å². The second kappa shape index (κ2) is 7.63. The van der Waals surface area contributed by atoms with E-state index in [2.05, 4.69) is 48.2 Å². The van der Waals surface area contributed by atoms with Gasteiger partial charge in [0.05, 0.1) is 30.3 Å². The van der Waals surface area contributed by atoms with Gasteiger partial charge in [-0.25, -0.2) is 9.67 Å². The smallest absolute Gasteiger partial charge is 0.137 e. The van der Waals surface area contributed by atoms with E-state index in [0.717, 1.165) is 47.9 Å². The lowest BCUT2D eigenvalue weighted by atomic mass is 10.2. The molecule has 4 aromatic heterocycles. The number of rotatable bonds is 6. The van der Waals surface area contributed by atoms with Gasteiger partial charge in [0, 0.05) is 43.8 Å². The van der Waals surface area contributed by atoms with Gasteiger partial charge >= 0.3 is 0 Å². The number of hydrogen-bond acceptors (Lipinski definition) is 6. The van der Waals surface area contributed by atoms with E-state index in [1.54, 1.807) is 0 Å². The Balaban J connectivity index is 1.35. The van der Waals surface area contributed by atoms with Crippen molar-refractivity contribution in [1.82, 2.24) is 34.7 Å². The van der Waals surface area contributed by atoms with Crippen molar-refractivity contribution in [3.8, 4) is 11.3 Å². The molecule has 8 nitrogen and oxygen atoms in total. The Morgan fingerprint density at radius 3 is 2.83 bits per heavy atom. The van der Waals surface area contributed by atoms with Gasteiger partial charge < -0.3 is 14.6 Å². The maximum absolute atomic E-state index is 4.69. The fraction of sp³-hybridized carbons (Fsp3) is 0.333. The number of fused-ring (bicyclic) bond motifs is 1. The summed E-state index contributed by atoms with van der Waals surface area (Å²) in [5.41, 5.74) is 6.09. The zero-order valence-electron chi connectivity index (χ0n) is 16.5. The summed E-state index contributed by atoms with van der Waals surface area (Å²) in [5, 5.41) is 11.8. The third-order valence-corrected chi connectivity index (χ3v) is 5.30. The highest BCUT2D eigenvalue weighted by molar-refractivity contribution is 5.63. The van der Waals surface area contributed by atoms with Gasteiger partial charge in [-0.1, -0.05) is 11.3 Å². The molecule has 0 bridgehead atoms. The minimum Gasteiger partial charge on any atom is -0.370 e. The Morgan fingerprint density at radius 2 is 1.97 bits per heavy atom. The molecule has 1 N–H and O–H groups in total. The molecule has 5 heterocycles. The highest BCUT2D eigenvalue weighted by Gasteiger charge is 2.14. The minimum atomic E-state index is 0.579. The minimum absolute atomic E-state index is 0.579. The topological polar surface area (TPSA) is 76.2 Å². The molecule has 0 atom stereocenters. The highest BCUT2D eigenvalue weighted by Crippen LogP contribution is 2.24. The van der Waals surface area contributed by atoms with Gasteiger partial charge in [-0.2, -0.15) is 0 Å². The van der Waals surface area contributed by atoms with Crippen molar-refractivity contribution in [3.63, 3.8) is 0 Å². The van der Waals surface area contributed by atoms with Crippen molar-refractivity contribution in [2.24, 2.45) is 0 Å². The molecule has 1 fully saturated rings. The number of pyridine rings is 2. The summed E-state index contributed by atoms with van der Waals surface area (Å²) in [6, 6.07) is 6.29. The van der Waals surface area contributed by atoms with Crippen LogP contribution in [-0.2, 0) is 13.1 Å². The van der Waals surface area contributed by atoms with E-state index in [0.29, 0.717) is 6.54 Å². The number of nitrogens with zero attached hydrogens (tertiary/aromatic N) is 7. The molecule has 5 rings (SSSR count). The Kier molecular flexibility index (Phi) is 4.69. The Labute approximate surface area is 169 Å². The van der Waals surface area contributed by atoms with Crippen LogP contribution in [0.25, 0.3) is 16.9 Å². The molecule has 1 saturated heterocycles. The second-order valence-corrected chi connectivity index (χ2v) is 7.49. The summed E-state index contributed by atoms with van der Waals surface area (Å²) in [4.78, 5) is 11.5. The van der Waals surface area contributed by atoms with Crippen LogP contribution in [-0.4, -0.2) is 49.5 Å². The van der Waals surface area contributed by atoms with Crippen molar-refractivity contribution in [1.29, 1.82) is 0 Å². The fourth-order valence-corrected chi connectivity index (χ4v) is 3.87. The zero-order chi connectivity index (χ0) is 19.6. The van der Waals surface area contributed by atoms with Gasteiger partial charge in [0.2, 0.25) is 0 Å². The zero-order valence-corrected chi connectivity index (χ0v) is 16.5. The lowest BCUT2D eigenvalue weighted by molar-refractivity contribution is 0.641. The first-order valence-electron chi connectivity index (χ1n) is 10.00. The molecule has 0 unspecified atom stereocenters. The Hall–Kier alpha value is -3.26. The van der Waals surface area contributed by atoms with Crippen LogP contribution in [0.15, 0.2) is 49.2 Å². The molecule has 1 aliphatic heterocycles. The van der Waals surface area contributed by atoms with E-state index in [-0.39, 0.29) is 0 Å². The van der Waals surface area contributed by atoms with E-state index in [1.807, 2.05) is 42.6 Å². The van der Waals surface area contributed by atoms with E-state index in [1.165, 1.54) is 18.4 Å². The van der Waals surface area contributed by atoms with Crippen molar-refractivity contribution >= 4 is 11.3 Å². The summed E-state index contributed by atoms with van der Waals surface area (Å²) in [6.45, 7) is 3.61. The van der Waals surface area contributed by atoms with Crippen molar-refractivity contribution in [3.05, 3.63) is 60.4 Å². The van der Waals surface area contributed by atoms with Crippen LogP contribution in [0, 0.1) is 0 Å². The van der Waals surface area contributed by atoms with Gasteiger partial charge in [-0.3, -0.25) is 4.98 Å². The summed E-state index contributed by atoms with van der Waals surface area (Å²) in [7, 11) is 1.95. The van der Waals surface area contributed by atoms with E-state index >= 15 is 0 Å². The van der Waals surface area contributed by atoms with E-state index in [9.17, 15) is 0 Å². The first kappa shape index (κ1) is 17.8. The average Bonchev–Trinajstić information content (AvgIpc) is 3.49. The first-order chi connectivity index (χ1) is 14.3. The fourth-order valence-electron chi connectivity index (χ4n) is 3.87. The molecule has 0 saturated carbocycles. The van der Waals surface area contributed by atoms with Gasteiger partial charge in [0.1, 0.15) is 11.3 Å². The summed E-state index contributed by atoms with van der Waals surface area (Å²) >= 11 is 0. The molecular weight excluding hydrogens is 364 g/mol. The maximum atomic E-state index is 4.69. The van der Waals surface area contributed by atoms with Crippen LogP contribution in [0.1, 0.15) is 24.1 Å². The summed E-state index contributed by atoms with van der Waals surface area (Å²) in [6.07, 6.45) is 12.4. The summed E-state index contributed by atoms with van der Waals surface area (Å²) < 4.78 is 3.89. The number of nitrogens with one attached hydrogen (secondary N) is 1. The molecule has 29 heavy (non-hydrogen) atoms. The molecule has 8 heteroatoms. The van der Waals surface area contributed by atoms with Crippen molar-refractivity contribution < 1.29 is 0 Å². The SMILES string of the molecule is CNCc1ccc2nc(Cn3cc(-c4cncc(N5CCCC5)c4)nn3)cn2c1. The lowest BCUT2D eigenvalue weighted by Crippen LogP contribution is -2.17. The lowest BCUT2D eigenvalue weighted by Gasteiger charge is -2.17. The molecule has 0 spiro atoms.